The van der Waals surface area contributed by atoms with Gasteiger partial charge in [0, 0.05) is 24.1 Å². The molecule has 1 aromatic heterocycles. The number of methoxy groups -OCH3 is 3. The van der Waals surface area contributed by atoms with E-state index in [9.17, 15) is 14.0 Å². The Morgan fingerprint density at radius 1 is 1.03 bits per heavy atom. The molecule has 2 aromatic carbocycles. The molecule has 3 aromatic rings. The van der Waals surface area contributed by atoms with Crippen molar-refractivity contribution in [3.05, 3.63) is 71.0 Å². The first-order valence-corrected chi connectivity index (χ1v) is 12.9. The number of hydrogen-bond donors (Lipinski definition) is 1. The predicted octanol–water partition coefficient (Wildman–Crippen LogP) is 5.13. The van der Waals surface area contributed by atoms with Gasteiger partial charge in [-0.25, -0.2) is 9.37 Å². The van der Waals surface area contributed by atoms with Gasteiger partial charge >= 0.3 is 0 Å². The van der Waals surface area contributed by atoms with E-state index in [2.05, 4.69) is 15.3 Å². The van der Waals surface area contributed by atoms with E-state index in [1.807, 2.05) is 0 Å². The number of benzene rings is 2. The molecule has 1 atom stereocenters. The van der Waals surface area contributed by atoms with Crippen molar-refractivity contribution in [2.45, 2.75) is 44.2 Å². The van der Waals surface area contributed by atoms with Gasteiger partial charge in [-0.15, -0.1) is 0 Å². The van der Waals surface area contributed by atoms with E-state index in [0.29, 0.717) is 22.8 Å². The first-order chi connectivity index (χ1) is 18.9. The predicted molar refractivity (Wildman–Crippen MR) is 144 cm³/mol. The van der Waals surface area contributed by atoms with Crippen LogP contribution in [0.25, 0.3) is 0 Å². The molecule has 1 fully saturated rings. The van der Waals surface area contributed by atoms with Gasteiger partial charge in [-0.1, -0.05) is 30.9 Å². The molecule has 0 unspecified atom stereocenters. The third-order valence-electron chi connectivity index (χ3n) is 6.64. The molecular weight excluding hydrogens is 527 g/mol. The van der Waals surface area contributed by atoms with E-state index in [-0.39, 0.29) is 22.4 Å². The fourth-order valence-corrected chi connectivity index (χ4v) is 4.93. The van der Waals surface area contributed by atoms with Crippen LogP contribution in [0.4, 0.5) is 10.1 Å². The van der Waals surface area contributed by atoms with Crippen LogP contribution in [0.5, 0.6) is 17.2 Å². The summed E-state index contributed by atoms with van der Waals surface area (Å²) in [5.41, 5.74) is 0.547. The van der Waals surface area contributed by atoms with E-state index >= 15 is 0 Å². The van der Waals surface area contributed by atoms with Crippen molar-refractivity contribution in [3.8, 4) is 17.2 Å². The van der Waals surface area contributed by atoms with Crippen molar-refractivity contribution in [3.63, 3.8) is 0 Å². The van der Waals surface area contributed by atoms with E-state index in [1.54, 1.807) is 12.1 Å². The molecule has 0 saturated heterocycles. The van der Waals surface area contributed by atoms with Crippen molar-refractivity contribution < 1.29 is 28.2 Å². The van der Waals surface area contributed by atoms with Crippen LogP contribution in [-0.4, -0.2) is 49.2 Å². The Hall–Kier alpha value is -3.92. The summed E-state index contributed by atoms with van der Waals surface area (Å²) in [5, 5.41) is 2.91. The lowest BCUT2D eigenvalue weighted by Gasteiger charge is -2.33. The highest BCUT2D eigenvalue weighted by Crippen LogP contribution is 2.42. The van der Waals surface area contributed by atoms with Gasteiger partial charge in [-0.05, 0) is 48.7 Å². The zero-order valence-electron chi connectivity index (χ0n) is 21.9. The number of nitrogens with zero attached hydrogens (tertiary/aromatic N) is 3. The normalized spacial score (nSPS) is 14.3. The first kappa shape index (κ1) is 28.1. The molecule has 1 aliphatic carbocycles. The third-order valence-corrected chi connectivity index (χ3v) is 6.93. The number of aromatic nitrogens is 2. The fourth-order valence-electron chi connectivity index (χ4n) is 4.76. The van der Waals surface area contributed by atoms with Crippen molar-refractivity contribution in [2.75, 3.05) is 26.2 Å². The average Bonchev–Trinajstić information content (AvgIpc) is 2.97. The Balaban J connectivity index is 1.92. The number of halogens is 2. The van der Waals surface area contributed by atoms with Crippen LogP contribution in [-0.2, 0) is 4.79 Å². The SMILES string of the molecule is COc1cc([C@@H](C(=O)NC2CCCCC2)N(C(=O)c2cnccn2)c2ccc(F)c(Cl)c2)cc(OC)c1OC. The minimum absolute atomic E-state index is 0.0131. The minimum atomic E-state index is -1.24. The second-order valence-electron chi connectivity index (χ2n) is 9.07. The fraction of sp³-hybridized carbons (Fsp3) is 0.357. The van der Waals surface area contributed by atoms with Crippen LogP contribution < -0.4 is 24.4 Å². The first-order valence-electron chi connectivity index (χ1n) is 12.5. The van der Waals surface area contributed by atoms with Crippen LogP contribution in [0.2, 0.25) is 5.02 Å². The lowest BCUT2D eigenvalue weighted by atomic mass is 9.94. The van der Waals surface area contributed by atoms with E-state index in [4.69, 9.17) is 25.8 Å². The van der Waals surface area contributed by atoms with Crippen molar-refractivity contribution >= 4 is 29.1 Å². The largest absolute Gasteiger partial charge is 0.493 e. The van der Waals surface area contributed by atoms with Crippen LogP contribution >= 0.6 is 11.6 Å². The number of ether oxygens (including phenoxy) is 3. The summed E-state index contributed by atoms with van der Waals surface area (Å²) in [5.74, 6) is -0.815. The Morgan fingerprint density at radius 2 is 1.72 bits per heavy atom. The summed E-state index contributed by atoms with van der Waals surface area (Å²) in [4.78, 5) is 37.5. The van der Waals surface area contributed by atoms with Crippen LogP contribution in [0, 0.1) is 5.82 Å². The van der Waals surface area contributed by atoms with Gasteiger partial charge in [-0.3, -0.25) is 19.5 Å². The Bertz CT molecular complexity index is 1300. The highest BCUT2D eigenvalue weighted by molar-refractivity contribution is 6.31. The van der Waals surface area contributed by atoms with Crippen molar-refractivity contribution in [1.82, 2.24) is 15.3 Å². The molecule has 0 bridgehead atoms. The molecule has 1 heterocycles. The molecule has 39 heavy (non-hydrogen) atoms. The summed E-state index contributed by atoms with van der Waals surface area (Å²) in [6.07, 6.45) is 8.86. The molecule has 11 heteroatoms. The molecule has 1 saturated carbocycles. The van der Waals surface area contributed by atoms with Gasteiger partial charge < -0.3 is 19.5 Å². The van der Waals surface area contributed by atoms with Crippen molar-refractivity contribution in [1.29, 1.82) is 0 Å². The molecule has 4 rings (SSSR count). The molecule has 1 aliphatic rings. The minimum Gasteiger partial charge on any atom is -0.493 e. The lowest BCUT2D eigenvalue weighted by Crippen LogP contribution is -2.47. The molecule has 206 valence electrons. The van der Waals surface area contributed by atoms with Gasteiger partial charge in [-0.2, -0.15) is 0 Å². The molecule has 0 spiro atoms. The van der Waals surface area contributed by atoms with Gasteiger partial charge in [0.1, 0.15) is 17.6 Å². The Labute approximate surface area is 231 Å². The highest BCUT2D eigenvalue weighted by Gasteiger charge is 2.37. The number of anilines is 1. The van der Waals surface area contributed by atoms with Crippen LogP contribution in [0.3, 0.4) is 0 Å². The third kappa shape index (κ3) is 6.22. The van der Waals surface area contributed by atoms with Gasteiger partial charge in [0.2, 0.25) is 11.7 Å². The number of carbonyl (C=O) groups excluding carboxylic acids is 2. The summed E-state index contributed by atoms with van der Waals surface area (Å²) in [7, 11) is 4.39. The smallest absolute Gasteiger partial charge is 0.279 e. The summed E-state index contributed by atoms with van der Waals surface area (Å²) >= 11 is 6.13. The summed E-state index contributed by atoms with van der Waals surface area (Å²) < 4.78 is 30.7. The average molecular weight is 557 g/mol. The number of amides is 2. The van der Waals surface area contributed by atoms with Crippen molar-refractivity contribution in [2.24, 2.45) is 0 Å². The molecule has 0 radical (unpaired) electrons. The number of carbonyl (C=O) groups is 2. The van der Waals surface area contributed by atoms with Crippen LogP contribution in [0.15, 0.2) is 48.9 Å². The second kappa shape index (κ2) is 12.8. The summed E-state index contributed by atoms with van der Waals surface area (Å²) in [6.45, 7) is 0. The zero-order valence-corrected chi connectivity index (χ0v) is 22.7. The highest BCUT2D eigenvalue weighted by atomic mass is 35.5. The number of rotatable bonds is 9. The van der Waals surface area contributed by atoms with E-state index in [0.717, 1.165) is 38.2 Å². The van der Waals surface area contributed by atoms with Gasteiger partial charge in [0.15, 0.2) is 11.5 Å². The second-order valence-corrected chi connectivity index (χ2v) is 9.48. The molecule has 2 amide bonds. The van der Waals surface area contributed by atoms with Crippen LogP contribution in [0.1, 0.15) is 54.2 Å². The molecular formula is C28H30ClFN4O5. The molecule has 0 aliphatic heterocycles. The quantitative estimate of drug-likeness (QED) is 0.389. The maximum atomic E-state index is 14.2. The molecule has 9 nitrogen and oxygen atoms in total. The monoisotopic (exact) mass is 556 g/mol. The molecule has 1 N–H and O–H groups in total. The maximum absolute atomic E-state index is 14.2. The van der Waals surface area contributed by atoms with E-state index < -0.39 is 23.7 Å². The number of nitrogens with one attached hydrogen (secondary N) is 1. The van der Waals surface area contributed by atoms with Gasteiger partial charge in [0.05, 0.1) is 32.5 Å². The standard InChI is InChI=1S/C28H30ClFN4O5/c1-37-23-13-17(14-24(38-2)26(23)39-3)25(27(35)33-18-7-5-4-6-8-18)34(19-9-10-21(30)20(29)15-19)28(36)22-16-31-11-12-32-22/h9-16,18,25H,4-8H2,1-3H3,(H,33,35)/t25-/m0/s1. The maximum Gasteiger partial charge on any atom is 0.279 e. The number of hydrogen-bond acceptors (Lipinski definition) is 7. The van der Waals surface area contributed by atoms with Gasteiger partial charge in [0.25, 0.3) is 5.91 Å². The Kier molecular flexibility index (Phi) is 9.19. The Morgan fingerprint density at radius 3 is 2.28 bits per heavy atom. The topological polar surface area (TPSA) is 103 Å². The zero-order chi connectivity index (χ0) is 27.9. The summed E-state index contributed by atoms with van der Waals surface area (Å²) in [6, 6.07) is 5.74. The lowest BCUT2D eigenvalue weighted by molar-refractivity contribution is -0.123. The van der Waals surface area contributed by atoms with E-state index in [1.165, 1.54) is 57.0 Å².